The van der Waals surface area contributed by atoms with Gasteiger partial charge in [-0.25, -0.2) is 4.79 Å². The van der Waals surface area contributed by atoms with Gasteiger partial charge in [0.2, 0.25) is 0 Å². The van der Waals surface area contributed by atoms with Crippen molar-refractivity contribution >= 4 is 5.97 Å². The topological polar surface area (TPSA) is 55.8 Å². The molecule has 0 aliphatic heterocycles. The van der Waals surface area contributed by atoms with Crippen LogP contribution in [0.3, 0.4) is 0 Å². The van der Waals surface area contributed by atoms with E-state index in [-0.39, 0.29) is 0 Å². The van der Waals surface area contributed by atoms with E-state index in [1.54, 1.807) is 32.2 Å². The lowest BCUT2D eigenvalue weighted by Gasteiger charge is -2.11. The molecule has 0 unspecified atom stereocenters. The molecule has 0 saturated heterocycles. The summed E-state index contributed by atoms with van der Waals surface area (Å²) in [5.41, 5.74) is 1.25. The first-order valence-electron chi connectivity index (χ1n) is 5.01. The molecule has 0 aliphatic carbocycles. The molecule has 0 aromatic heterocycles. The molecule has 0 saturated carbocycles. The van der Waals surface area contributed by atoms with Gasteiger partial charge in [0.05, 0.1) is 25.9 Å². The molecular weight excluding hydrogens is 208 g/mol. The van der Waals surface area contributed by atoms with E-state index in [2.05, 4.69) is 4.74 Å². The van der Waals surface area contributed by atoms with Crippen LogP contribution < -0.4 is 4.74 Å². The van der Waals surface area contributed by atoms with E-state index >= 15 is 0 Å². The Morgan fingerprint density at radius 2 is 2.12 bits per heavy atom. The number of methoxy groups -OCH3 is 2. The Balaban J connectivity index is 3.05. The number of carbonyl (C=O) groups is 1. The van der Waals surface area contributed by atoms with Gasteiger partial charge < -0.3 is 14.6 Å². The van der Waals surface area contributed by atoms with Gasteiger partial charge in [0.15, 0.2) is 0 Å². The summed E-state index contributed by atoms with van der Waals surface area (Å²) < 4.78 is 9.78. The van der Waals surface area contributed by atoms with Crippen molar-refractivity contribution in [2.45, 2.75) is 19.4 Å². The third-order valence-electron chi connectivity index (χ3n) is 2.22. The Hall–Kier alpha value is -1.55. The first kappa shape index (κ1) is 12.5. The summed E-state index contributed by atoms with van der Waals surface area (Å²) in [5, 5.41) is 9.34. The Kier molecular flexibility index (Phi) is 4.31. The smallest absolute Gasteiger partial charge is 0.337 e. The van der Waals surface area contributed by atoms with Crippen molar-refractivity contribution < 1.29 is 19.4 Å². The van der Waals surface area contributed by atoms with Crippen molar-refractivity contribution in [3.8, 4) is 5.75 Å². The third-order valence-corrected chi connectivity index (χ3v) is 2.22. The summed E-state index contributed by atoms with van der Waals surface area (Å²) in [6.07, 6.45) is -0.0459. The largest absolute Gasteiger partial charge is 0.496 e. The standard InChI is InChI=1S/C12H16O4/c1-8(13)6-10-7-9(12(14)16-3)4-5-11(10)15-2/h4-5,7-8,13H,6H2,1-3H3/t8-/m0/s1. The van der Waals surface area contributed by atoms with Gasteiger partial charge in [-0.15, -0.1) is 0 Å². The second kappa shape index (κ2) is 5.51. The Morgan fingerprint density at radius 1 is 1.44 bits per heavy atom. The molecule has 0 radical (unpaired) electrons. The fourth-order valence-corrected chi connectivity index (χ4v) is 1.50. The highest BCUT2D eigenvalue weighted by molar-refractivity contribution is 5.89. The summed E-state index contributed by atoms with van der Waals surface area (Å²) in [6.45, 7) is 1.68. The van der Waals surface area contributed by atoms with Crippen LogP contribution in [0.15, 0.2) is 18.2 Å². The minimum atomic E-state index is -0.484. The van der Waals surface area contributed by atoms with Crippen LogP contribution in [-0.2, 0) is 11.2 Å². The second-order valence-electron chi connectivity index (χ2n) is 3.57. The first-order chi connectivity index (χ1) is 7.58. The number of hydrogen-bond acceptors (Lipinski definition) is 4. The molecule has 16 heavy (non-hydrogen) atoms. The number of hydrogen-bond donors (Lipinski definition) is 1. The van der Waals surface area contributed by atoms with Crippen LogP contribution in [0.2, 0.25) is 0 Å². The Bertz CT molecular complexity index is 371. The summed E-state index contributed by atoms with van der Waals surface area (Å²) in [7, 11) is 2.89. The van der Waals surface area contributed by atoms with Crippen molar-refractivity contribution in [2.24, 2.45) is 0 Å². The molecule has 0 bridgehead atoms. The van der Waals surface area contributed by atoms with Crippen LogP contribution >= 0.6 is 0 Å². The highest BCUT2D eigenvalue weighted by Crippen LogP contribution is 2.21. The molecule has 0 amide bonds. The summed E-state index contributed by atoms with van der Waals surface area (Å²) >= 11 is 0. The second-order valence-corrected chi connectivity index (χ2v) is 3.57. The maximum atomic E-state index is 11.3. The van der Waals surface area contributed by atoms with Crippen molar-refractivity contribution in [1.82, 2.24) is 0 Å². The molecule has 1 rings (SSSR count). The lowest BCUT2D eigenvalue weighted by molar-refractivity contribution is 0.0600. The van der Waals surface area contributed by atoms with E-state index in [4.69, 9.17) is 4.74 Å². The Morgan fingerprint density at radius 3 is 2.62 bits per heavy atom. The normalized spacial score (nSPS) is 12.0. The highest BCUT2D eigenvalue weighted by atomic mass is 16.5. The number of benzene rings is 1. The molecule has 1 N–H and O–H groups in total. The zero-order valence-electron chi connectivity index (χ0n) is 9.69. The van der Waals surface area contributed by atoms with E-state index in [1.165, 1.54) is 7.11 Å². The van der Waals surface area contributed by atoms with E-state index in [0.29, 0.717) is 17.7 Å². The Labute approximate surface area is 94.8 Å². The van der Waals surface area contributed by atoms with Crippen molar-refractivity contribution in [3.63, 3.8) is 0 Å². The van der Waals surface area contributed by atoms with E-state index in [9.17, 15) is 9.90 Å². The number of aliphatic hydroxyl groups is 1. The van der Waals surface area contributed by atoms with Crippen molar-refractivity contribution in [1.29, 1.82) is 0 Å². The monoisotopic (exact) mass is 224 g/mol. The average molecular weight is 224 g/mol. The number of rotatable bonds is 4. The van der Waals surface area contributed by atoms with Gasteiger partial charge in [-0.05, 0) is 30.7 Å². The summed E-state index contributed by atoms with van der Waals surface area (Å²) in [4.78, 5) is 11.3. The molecular formula is C12H16O4. The van der Waals surface area contributed by atoms with Gasteiger partial charge in [-0.2, -0.15) is 0 Å². The maximum Gasteiger partial charge on any atom is 0.337 e. The minimum absolute atomic E-state index is 0.394. The van der Waals surface area contributed by atoms with Gasteiger partial charge >= 0.3 is 5.97 Å². The van der Waals surface area contributed by atoms with Gasteiger partial charge in [0, 0.05) is 6.42 Å². The van der Waals surface area contributed by atoms with E-state index in [0.717, 1.165) is 5.56 Å². The van der Waals surface area contributed by atoms with Gasteiger partial charge in [0.1, 0.15) is 5.75 Å². The highest BCUT2D eigenvalue weighted by Gasteiger charge is 2.11. The zero-order chi connectivity index (χ0) is 12.1. The molecule has 0 aliphatic rings. The van der Waals surface area contributed by atoms with Crippen LogP contribution in [0.4, 0.5) is 0 Å². The van der Waals surface area contributed by atoms with Gasteiger partial charge in [0.25, 0.3) is 0 Å². The fraction of sp³-hybridized carbons (Fsp3) is 0.417. The predicted octanol–water partition coefficient (Wildman–Crippen LogP) is 1.41. The lowest BCUT2D eigenvalue weighted by atomic mass is 10.0. The molecule has 0 heterocycles. The van der Waals surface area contributed by atoms with Crippen LogP contribution in [0, 0.1) is 0 Å². The molecule has 0 spiro atoms. The molecule has 0 fully saturated rings. The molecule has 4 nitrogen and oxygen atoms in total. The summed E-state index contributed by atoms with van der Waals surface area (Å²) in [5.74, 6) is 0.267. The molecule has 4 heteroatoms. The van der Waals surface area contributed by atoms with Crippen LogP contribution in [-0.4, -0.2) is 31.4 Å². The van der Waals surface area contributed by atoms with Gasteiger partial charge in [-0.1, -0.05) is 0 Å². The van der Waals surface area contributed by atoms with E-state index in [1.807, 2.05) is 0 Å². The maximum absolute atomic E-state index is 11.3. The number of aliphatic hydroxyl groups excluding tert-OH is 1. The van der Waals surface area contributed by atoms with Crippen LogP contribution in [0.1, 0.15) is 22.8 Å². The predicted molar refractivity (Wildman–Crippen MR) is 59.7 cm³/mol. The van der Waals surface area contributed by atoms with E-state index < -0.39 is 12.1 Å². The molecule has 1 aromatic rings. The summed E-state index contributed by atoms with van der Waals surface area (Å²) in [6, 6.07) is 5.01. The van der Waals surface area contributed by atoms with Crippen LogP contribution in [0.25, 0.3) is 0 Å². The molecule has 1 aromatic carbocycles. The molecule has 1 atom stereocenters. The first-order valence-corrected chi connectivity index (χ1v) is 5.01. The third kappa shape index (κ3) is 2.97. The number of ether oxygens (including phenoxy) is 2. The quantitative estimate of drug-likeness (QED) is 0.785. The van der Waals surface area contributed by atoms with Crippen LogP contribution in [0.5, 0.6) is 5.75 Å². The van der Waals surface area contributed by atoms with Crippen molar-refractivity contribution in [2.75, 3.05) is 14.2 Å². The number of carbonyl (C=O) groups excluding carboxylic acids is 1. The fourth-order valence-electron chi connectivity index (χ4n) is 1.50. The SMILES string of the molecule is COC(=O)c1ccc(OC)c(C[C@H](C)O)c1. The number of esters is 1. The molecule has 88 valence electrons. The average Bonchev–Trinajstić information content (AvgIpc) is 2.27. The van der Waals surface area contributed by atoms with Crippen molar-refractivity contribution in [3.05, 3.63) is 29.3 Å². The zero-order valence-corrected chi connectivity index (χ0v) is 9.69. The minimum Gasteiger partial charge on any atom is -0.496 e. The lowest BCUT2D eigenvalue weighted by Crippen LogP contribution is -2.08. The van der Waals surface area contributed by atoms with Gasteiger partial charge in [-0.3, -0.25) is 0 Å².